The summed E-state index contributed by atoms with van der Waals surface area (Å²) in [6.45, 7) is 1.59. The van der Waals surface area contributed by atoms with Crippen LogP contribution < -0.4 is 5.56 Å². The van der Waals surface area contributed by atoms with Crippen molar-refractivity contribution in [1.29, 1.82) is 0 Å². The van der Waals surface area contributed by atoms with Crippen LogP contribution in [0.4, 0.5) is 13.2 Å². The fourth-order valence-electron chi connectivity index (χ4n) is 2.39. The molecule has 0 saturated carbocycles. The van der Waals surface area contributed by atoms with Gasteiger partial charge in [0.2, 0.25) is 0 Å². The first-order chi connectivity index (χ1) is 10.8. The molecule has 0 spiro atoms. The van der Waals surface area contributed by atoms with E-state index in [-0.39, 0.29) is 5.69 Å². The Labute approximate surface area is 137 Å². The Balaban J connectivity index is 2.30. The summed E-state index contributed by atoms with van der Waals surface area (Å²) in [7, 11) is 0. The summed E-state index contributed by atoms with van der Waals surface area (Å²) in [6.07, 6.45) is -4.47. The number of hydrogen-bond donors (Lipinski definition) is 0. The first-order valence-corrected chi connectivity index (χ1v) is 7.43. The standard InChI is InChI=1S/C16H10BrF3N2O/c1-9-21-14-6-5-11(17)8-13(14)15(23)22(9)12-4-2-3-10(7-12)16(18,19)20/h2-8H,1H3. The van der Waals surface area contributed by atoms with Crippen LogP contribution in [0.3, 0.4) is 0 Å². The lowest BCUT2D eigenvalue weighted by Crippen LogP contribution is -2.22. The Hall–Kier alpha value is -2.15. The van der Waals surface area contributed by atoms with Crippen LogP contribution in [0.15, 0.2) is 51.7 Å². The van der Waals surface area contributed by atoms with Crippen molar-refractivity contribution in [3.63, 3.8) is 0 Å². The number of fused-ring (bicyclic) bond motifs is 1. The molecule has 23 heavy (non-hydrogen) atoms. The van der Waals surface area contributed by atoms with E-state index in [1.165, 1.54) is 16.7 Å². The van der Waals surface area contributed by atoms with Crippen LogP contribution in [0.5, 0.6) is 0 Å². The molecule has 0 saturated heterocycles. The summed E-state index contributed by atoms with van der Waals surface area (Å²) < 4.78 is 40.5. The van der Waals surface area contributed by atoms with Crippen molar-refractivity contribution in [2.75, 3.05) is 0 Å². The third kappa shape index (κ3) is 2.88. The molecule has 2 aromatic carbocycles. The van der Waals surface area contributed by atoms with Crippen LogP contribution in [0, 0.1) is 6.92 Å². The quantitative estimate of drug-likeness (QED) is 0.621. The van der Waals surface area contributed by atoms with Gasteiger partial charge in [-0.15, -0.1) is 0 Å². The second-order valence-corrected chi connectivity index (χ2v) is 5.92. The van der Waals surface area contributed by atoms with Gasteiger partial charge in [0.15, 0.2) is 0 Å². The zero-order chi connectivity index (χ0) is 16.8. The Kier molecular flexibility index (Phi) is 3.75. The molecular formula is C16H10BrF3N2O. The molecular weight excluding hydrogens is 373 g/mol. The van der Waals surface area contributed by atoms with E-state index in [1.54, 1.807) is 25.1 Å². The molecule has 1 heterocycles. The van der Waals surface area contributed by atoms with E-state index in [1.807, 2.05) is 0 Å². The Bertz CT molecular complexity index is 964. The number of rotatable bonds is 1. The van der Waals surface area contributed by atoms with Crippen LogP contribution in [-0.4, -0.2) is 9.55 Å². The predicted octanol–water partition coefficient (Wildman–Crippen LogP) is 4.48. The fraction of sp³-hybridized carbons (Fsp3) is 0.125. The normalized spacial score (nSPS) is 11.9. The second kappa shape index (κ2) is 5.49. The summed E-state index contributed by atoms with van der Waals surface area (Å²) in [5.74, 6) is 0.323. The van der Waals surface area contributed by atoms with Gasteiger partial charge in [-0.1, -0.05) is 22.0 Å². The molecule has 0 radical (unpaired) electrons. The molecule has 118 valence electrons. The van der Waals surface area contributed by atoms with Crippen molar-refractivity contribution in [3.8, 4) is 5.69 Å². The Morgan fingerprint density at radius 2 is 1.87 bits per heavy atom. The molecule has 0 aliphatic carbocycles. The summed E-state index contributed by atoms with van der Waals surface area (Å²) in [4.78, 5) is 17.0. The maximum absolute atomic E-state index is 12.9. The highest BCUT2D eigenvalue weighted by Crippen LogP contribution is 2.30. The Morgan fingerprint density at radius 3 is 2.57 bits per heavy atom. The number of benzene rings is 2. The van der Waals surface area contributed by atoms with Crippen LogP contribution in [0.25, 0.3) is 16.6 Å². The van der Waals surface area contributed by atoms with Crippen molar-refractivity contribution in [2.24, 2.45) is 0 Å². The number of alkyl halides is 3. The molecule has 7 heteroatoms. The third-order valence-corrected chi connectivity index (χ3v) is 3.92. The molecule has 3 nitrogen and oxygen atoms in total. The lowest BCUT2D eigenvalue weighted by molar-refractivity contribution is -0.137. The molecule has 0 aliphatic heterocycles. The van der Waals surface area contributed by atoms with Gasteiger partial charge in [0.05, 0.1) is 22.2 Å². The zero-order valence-corrected chi connectivity index (χ0v) is 13.4. The molecule has 0 N–H and O–H groups in total. The van der Waals surface area contributed by atoms with Gasteiger partial charge in [0.25, 0.3) is 5.56 Å². The van der Waals surface area contributed by atoms with Gasteiger partial charge in [0, 0.05) is 4.47 Å². The monoisotopic (exact) mass is 382 g/mol. The van der Waals surface area contributed by atoms with Crippen LogP contribution in [-0.2, 0) is 6.18 Å². The molecule has 3 aromatic rings. The molecule has 0 bridgehead atoms. The minimum Gasteiger partial charge on any atom is -0.268 e. The topological polar surface area (TPSA) is 34.9 Å². The van der Waals surface area contributed by atoms with Crippen LogP contribution >= 0.6 is 15.9 Å². The maximum Gasteiger partial charge on any atom is 0.416 e. The maximum atomic E-state index is 12.9. The first-order valence-electron chi connectivity index (χ1n) is 6.64. The Morgan fingerprint density at radius 1 is 1.13 bits per heavy atom. The summed E-state index contributed by atoms with van der Waals surface area (Å²) in [5, 5.41) is 0.336. The van der Waals surface area contributed by atoms with Crippen molar-refractivity contribution in [1.82, 2.24) is 9.55 Å². The van der Waals surface area contributed by atoms with Crippen molar-refractivity contribution in [3.05, 3.63) is 68.7 Å². The highest BCUT2D eigenvalue weighted by atomic mass is 79.9. The minimum atomic E-state index is -4.47. The molecule has 0 atom stereocenters. The van der Waals surface area contributed by atoms with E-state index in [9.17, 15) is 18.0 Å². The van der Waals surface area contributed by atoms with E-state index in [0.717, 1.165) is 12.1 Å². The highest BCUT2D eigenvalue weighted by Gasteiger charge is 2.30. The van der Waals surface area contributed by atoms with Gasteiger partial charge in [-0.3, -0.25) is 9.36 Å². The van der Waals surface area contributed by atoms with E-state index in [2.05, 4.69) is 20.9 Å². The van der Waals surface area contributed by atoms with Gasteiger partial charge >= 0.3 is 6.18 Å². The van der Waals surface area contributed by atoms with E-state index in [4.69, 9.17) is 0 Å². The van der Waals surface area contributed by atoms with Crippen LogP contribution in [0.2, 0.25) is 0 Å². The van der Waals surface area contributed by atoms with Gasteiger partial charge in [-0.2, -0.15) is 13.2 Å². The minimum absolute atomic E-state index is 0.136. The SMILES string of the molecule is Cc1nc2ccc(Br)cc2c(=O)n1-c1cccc(C(F)(F)F)c1. The number of hydrogen-bond acceptors (Lipinski definition) is 2. The van der Waals surface area contributed by atoms with Crippen LogP contribution in [0.1, 0.15) is 11.4 Å². The van der Waals surface area contributed by atoms with Gasteiger partial charge < -0.3 is 0 Å². The summed E-state index contributed by atoms with van der Waals surface area (Å²) >= 11 is 3.28. The number of aryl methyl sites for hydroxylation is 1. The smallest absolute Gasteiger partial charge is 0.268 e. The van der Waals surface area contributed by atoms with E-state index >= 15 is 0 Å². The van der Waals surface area contributed by atoms with Gasteiger partial charge in [-0.25, -0.2) is 4.98 Å². The number of nitrogens with zero attached hydrogens (tertiary/aromatic N) is 2. The average Bonchev–Trinajstić information content (AvgIpc) is 2.48. The van der Waals surface area contributed by atoms with E-state index in [0.29, 0.717) is 21.2 Å². The van der Waals surface area contributed by atoms with Crippen molar-refractivity contribution in [2.45, 2.75) is 13.1 Å². The first kappa shape index (κ1) is 15.7. The number of halogens is 4. The van der Waals surface area contributed by atoms with Gasteiger partial charge in [-0.05, 0) is 43.3 Å². The van der Waals surface area contributed by atoms with Crippen molar-refractivity contribution >= 4 is 26.8 Å². The largest absolute Gasteiger partial charge is 0.416 e. The number of aromatic nitrogens is 2. The lowest BCUT2D eigenvalue weighted by Gasteiger charge is -2.13. The predicted molar refractivity (Wildman–Crippen MR) is 84.8 cm³/mol. The molecule has 0 amide bonds. The third-order valence-electron chi connectivity index (χ3n) is 3.43. The lowest BCUT2D eigenvalue weighted by atomic mass is 10.2. The summed E-state index contributed by atoms with van der Waals surface area (Å²) in [6, 6.07) is 9.68. The fourth-order valence-corrected chi connectivity index (χ4v) is 2.76. The van der Waals surface area contributed by atoms with Crippen molar-refractivity contribution < 1.29 is 13.2 Å². The van der Waals surface area contributed by atoms with E-state index < -0.39 is 17.3 Å². The summed E-state index contributed by atoms with van der Waals surface area (Å²) in [5.41, 5.74) is -0.584. The molecule has 0 aliphatic rings. The molecule has 0 unspecified atom stereocenters. The zero-order valence-electron chi connectivity index (χ0n) is 11.9. The molecule has 3 rings (SSSR count). The highest BCUT2D eigenvalue weighted by molar-refractivity contribution is 9.10. The molecule has 0 fully saturated rings. The van der Waals surface area contributed by atoms with Gasteiger partial charge in [0.1, 0.15) is 5.82 Å². The average molecular weight is 383 g/mol. The molecule has 1 aromatic heterocycles. The second-order valence-electron chi connectivity index (χ2n) is 5.01.